The van der Waals surface area contributed by atoms with Gasteiger partial charge in [-0.15, -0.1) is 6.58 Å². The second-order valence-corrected chi connectivity index (χ2v) is 8.41. The second kappa shape index (κ2) is 8.39. The summed E-state index contributed by atoms with van der Waals surface area (Å²) in [4.78, 5) is 8.69. The van der Waals surface area contributed by atoms with Gasteiger partial charge in [0.15, 0.2) is 0 Å². The number of hydrogen-bond acceptors (Lipinski definition) is 1. The molecule has 0 bridgehead atoms. The third-order valence-electron chi connectivity index (χ3n) is 6.30. The molecule has 2 nitrogen and oxygen atoms in total. The Morgan fingerprint density at radius 1 is 1.06 bits per heavy atom. The van der Waals surface area contributed by atoms with E-state index in [1.165, 1.54) is 16.7 Å². The number of aromatic amines is 1. The largest absolute Gasteiger partial charge is 0.354 e. The molecule has 1 aliphatic carbocycles. The first-order valence-electron chi connectivity index (χ1n) is 10.9. The van der Waals surface area contributed by atoms with Crippen LogP contribution in [0.25, 0.3) is 28.1 Å². The van der Waals surface area contributed by atoms with Gasteiger partial charge in [-0.1, -0.05) is 62.6 Å². The number of H-pyrrole nitrogens is 1. The van der Waals surface area contributed by atoms with Crippen LogP contribution in [0.15, 0.2) is 85.0 Å². The fourth-order valence-electron chi connectivity index (χ4n) is 4.36. The number of nitrogens with zero attached hydrogens (tertiary/aromatic N) is 1. The third kappa shape index (κ3) is 3.74. The molecule has 1 aliphatic heterocycles. The molecule has 2 atom stereocenters. The summed E-state index contributed by atoms with van der Waals surface area (Å²) in [6.07, 6.45) is 17.8. The van der Waals surface area contributed by atoms with Gasteiger partial charge >= 0.3 is 0 Å². The van der Waals surface area contributed by atoms with Crippen molar-refractivity contribution in [2.24, 2.45) is 16.8 Å². The zero-order valence-electron chi connectivity index (χ0n) is 18.7. The highest BCUT2D eigenvalue weighted by Gasteiger charge is 2.19. The molecule has 1 N–H and O–H groups in total. The number of allylic oxidation sites excluding steroid dienone is 10. The van der Waals surface area contributed by atoms with Crippen LogP contribution in [0.1, 0.15) is 44.0 Å². The van der Waals surface area contributed by atoms with Crippen LogP contribution in [0.2, 0.25) is 0 Å². The minimum atomic E-state index is 0.176. The molecule has 0 fully saturated rings. The van der Waals surface area contributed by atoms with E-state index in [1.54, 1.807) is 0 Å². The Morgan fingerprint density at radius 2 is 1.84 bits per heavy atom. The van der Waals surface area contributed by atoms with Gasteiger partial charge in [0.2, 0.25) is 0 Å². The summed E-state index contributed by atoms with van der Waals surface area (Å²) < 4.78 is 0. The van der Waals surface area contributed by atoms with Crippen LogP contribution >= 0.6 is 0 Å². The lowest BCUT2D eigenvalue weighted by Gasteiger charge is -2.17. The molecule has 0 saturated carbocycles. The molecular weight excluding hydrogens is 376 g/mol. The van der Waals surface area contributed by atoms with Crippen LogP contribution in [0, 0.1) is 11.8 Å². The Kier molecular flexibility index (Phi) is 5.65. The Bertz CT molecular complexity index is 1240. The van der Waals surface area contributed by atoms with Gasteiger partial charge in [-0.3, -0.25) is 4.99 Å². The van der Waals surface area contributed by atoms with Crippen LogP contribution in [-0.4, -0.2) is 10.7 Å². The number of benzene rings is 1. The first-order chi connectivity index (χ1) is 15.0. The monoisotopic (exact) mass is 406 g/mol. The molecule has 2 aliphatic rings. The molecule has 2 heterocycles. The molecular formula is C29H30N2. The molecule has 1 aromatic carbocycles. The molecule has 0 amide bonds. The molecule has 156 valence electrons. The Labute approximate surface area is 185 Å². The number of rotatable bonds is 4. The van der Waals surface area contributed by atoms with E-state index in [-0.39, 0.29) is 5.92 Å². The summed E-state index contributed by atoms with van der Waals surface area (Å²) in [5.74, 6) is 0.593. The number of fused-ring (bicyclic) bond motifs is 2. The summed E-state index contributed by atoms with van der Waals surface area (Å²) in [5, 5.41) is 1.13. The highest BCUT2D eigenvalue weighted by atomic mass is 14.8. The van der Waals surface area contributed by atoms with E-state index in [1.807, 2.05) is 18.2 Å². The predicted molar refractivity (Wildman–Crippen MR) is 138 cm³/mol. The summed E-state index contributed by atoms with van der Waals surface area (Å²) in [5.41, 5.74) is 10.1. The van der Waals surface area contributed by atoms with Gasteiger partial charge < -0.3 is 4.98 Å². The maximum atomic E-state index is 5.01. The zero-order chi connectivity index (χ0) is 22.1. The molecule has 4 rings (SSSR count). The van der Waals surface area contributed by atoms with Crippen molar-refractivity contribution in [1.29, 1.82) is 0 Å². The second-order valence-electron chi connectivity index (χ2n) is 8.41. The molecule has 2 heteroatoms. The Morgan fingerprint density at radius 3 is 2.55 bits per heavy atom. The molecule has 1 aromatic heterocycles. The van der Waals surface area contributed by atoms with Gasteiger partial charge in [-0.2, -0.15) is 0 Å². The number of aliphatic imine (C=N–C) groups is 1. The SMILES string of the molecule is C=CC1=Nc2cc3c(C=C)c(C4=C(C)C=CC(C)C=C4)[nH]c3cc2/C(C)=C/CC1C=C. The van der Waals surface area contributed by atoms with Gasteiger partial charge in [-0.05, 0) is 55.5 Å². The number of hydrogen-bond donors (Lipinski definition) is 1. The molecule has 2 aromatic rings. The van der Waals surface area contributed by atoms with Gasteiger partial charge in [-0.25, -0.2) is 0 Å². The van der Waals surface area contributed by atoms with E-state index < -0.39 is 0 Å². The summed E-state index contributed by atoms with van der Waals surface area (Å²) in [6, 6.07) is 4.41. The third-order valence-corrected chi connectivity index (χ3v) is 6.30. The van der Waals surface area contributed by atoms with Gasteiger partial charge in [0.05, 0.1) is 11.4 Å². The van der Waals surface area contributed by atoms with Crippen molar-refractivity contribution in [3.63, 3.8) is 0 Å². The molecule has 0 saturated heterocycles. The molecule has 2 unspecified atom stereocenters. The van der Waals surface area contributed by atoms with Crippen molar-refractivity contribution in [3.05, 3.63) is 96.8 Å². The quantitative estimate of drug-likeness (QED) is 0.496. The van der Waals surface area contributed by atoms with E-state index in [2.05, 4.69) is 88.0 Å². The highest BCUT2D eigenvalue weighted by molar-refractivity contribution is 6.04. The smallest absolute Gasteiger partial charge is 0.0715 e. The highest BCUT2D eigenvalue weighted by Crippen LogP contribution is 2.39. The van der Waals surface area contributed by atoms with Crippen molar-refractivity contribution in [2.75, 3.05) is 0 Å². The van der Waals surface area contributed by atoms with E-state index >= 15 is 0 Å². The topological polar surface area (TPSA) is 28.1 Å². The number of aromatic nitrogens is 1. The predicted octanol–water partition coefficient (Wildman–Crippen LogP) is 8.21. The molecule has 31 heavy (non-hydrogen) atoms. The van der Waals surface area contributed by atoms with Crippen LogP contribution in [0.4, 0.5) is 5.69 Å². The Hall–Kier alpha value is -3.39. The van der Waals surface area contributed by atoms with Crippen molar-refractivity contribution < 1.29 is 0 Å². The first-order valence-corrected chi connectivity index (χ1v) is 10.9. The summed E-state index contributed by atoms with van der Waals surface area (Å²) in [6.45, 7) is 18.6. The lowest BCUT2D eigenvalue weighted by Crippen LogP contribution is -2.09. The molecule has 0 spiro atoms. The van der Waals surface area contributed by atoms with Crippen LogP contribution in [0.5, 0.6) is 0 Å². The van der Waals surface area contributed by atoms with Gasteiger partial charge in [0, 0.05) is 39.2 Å². The van der Waals surface area contributed by atoms with E-state index in [9.17, 15) is 0 Å². The maximum absolute atomic E-state index is 5.01. The van der Waals surface area contributed by atoms with Gasteiger partial charge in [0.25, 0.3) is 0 Å². The van der Waals surface area contributed by atoms with Crippen LogP contribution in [0.3, 0.4) is 0 Å². The van der Waals surface area contributed by atoms with Crippen molar-refractivity contribution >= 4 is 39.5 Å². The normalized spacial score (nSPS) is 22.7. The minimum Gasteiger partial charge on any atom is -0.354 e. The van der Waals surface area contributed by atoms with E-state index in [0.717, 1.165) is 45.5 Å². The molecule has 0 radical (unpaired) electrons. The maximum Gasteiger partial charge on any atom is 0.0715 e. The fraction of sp³-hybridized carbons (Fsp3) is 0.207. The van der Waals surface area contributed by atoms with Crippen molar-refractivity contribution in [1.82, 2.24) is 4.98 Å². The standard InChI is InChI=1S/C29H30N2/c1-7-21-14-13-20(6)24-16-28-25(17-27(24)30-26(21)9-3)22(8-2)29(31-28)23-15-11-18(4)10-12-19(23)5/h7-13,15-18,21,31H,1-3,14H2,4-6H3/b20-13+,30-26?. The van der Waals surface area contributed by atoms with Crippen LogP contribution < -0.4 is 0 Å². The van der Waals surface area contributed by atoms with Crippen molar-refractivity contribution in [2.45, 2.75) is 27.2 Å². The lowest BCUT2D eigenvalue weighted by molar-refractivity contribution is 0.884. The fourth-order valence-corrected chi connectivity index (χ4v) is 4.36. The summed E-state index contributed by atoms with van der Waals surface area (Å²) in [7, 11) is 0. The lowest BCUT2D eigenvalue weighted by atomic mass is 9.93. The van der Waals surface area contributed by atoms with Gasteiger partial charge in [0.1, 0.15) is 0 Å². The number of nitrogens with one attached hydrogen (secondary N) is 1. The Balaban J connectivity index is 1.99. The van der Waals surface area contributed by atoms with E-state index in [0.29, 0.717) is 5.92 Å². The minimum absolute atomic E-state index is 0.176. The van der Waals surface area contributed by atoms with Crippen LogP contribution in [-0.2, 0) is 0 Å². The van der Waals surface area contributed by atoms with Crippen molar-refractivity contribution in [3.8, 4) is 0 Å². The first kappa shape index (κ1) is 20.9. The average molecular weight is 407 g/mol. The average Bonchev–Trinajstić information content (AvgIpc) is 3.02. The van der Waals surface area contributed by atoms with E-state index in [4.69, 9.17) is 4.99 Å². The summed E-state index contributed by atoms with van der Waals surface area (Å²) >= 11 is 0. The zero-order valence-corrected chi connectivity index (χ0v) is 18.7.